The number of hydrogen-bond acceptors (Lipinski definition) is 1. The predicted molar refractivity (Wildman–Crippen MR) is 69.6 cm³/mol. The van der Waals surface area contributed by atoms with E-state index in [4.69, 9.17) is 0 Å². The van der Waals surface area contributed by atoms with E-state index < -0.39 is 0 Å². The van der Waals surface area contributed by atoms with E-state index in [9.17, 15) is 4.39 Å². The third kappa shape index (κ3) is 3.06. The fourth-order valence-electron chi connectivity index (χ4n) is 2.68. The summed E-state index contributed by atoms with van der Waals surface area (Å²) in [6, 6.07) is 5.18. The molecule has 0 spiro atoms. The summed E-state index contributed by atoms with van der Waals surface area (Å²) in [6.45, 7) is 6.36. The first-order valence-electron chi connectivity index (χ1n) is 6.66. The molecule has 0 saturated heterocycles. The molecule has 2 unspecified atom stereocenters. The number of aryl methyl sites for hydroxylation is 1. The Morgan fingerprint density at radius 3 is 2.65 bits per heavy atom. The van der Waals surface area contributed by atoms with Crippen molar-refractivity contribution < 1.29 is 4.39 Å². The van der Waals surface area contributed by atoms with Gasteiger partial charge >= 0.3 is 0 Å². The van der Waals surface area contributed by atoms with Crippen LogP contribution in [0, 0.1) is 24.6 Å². The third-order valence-electron chi connectivity index (χ3n) is 4.02. The lowest BCUT2D eigenvalue weighted by molar-refractivity contribution is 0.171. The van der Waals surface area contributed by atoms with Crippen LogP contribution in [-0.4, -0.2) is 13.1 Å². The molecule has 0 heterocycles. The molecule has 2 atom stereocenters. The minimum atomic E-state index is -0.121. The predicted octanol–water partition coefficient (Wildman–Crippen LogP) is 3.31. The smallest absolute Gasteiger partial charge is 0.123 e. The molecule has 0 aliphatic heterocycles. The summed E-state index contributed by atoms with van der Waals surface area (Å²) in [5, 5.41) is 3.43. The standard InChI is InChI=1S/C15H22FN/c1-3-17-10-14-5-4-13(14)9-12-6-7-15(16)8-11(12)2/h6-8,13-14,17H,3-5,9-10H2,1-2H3. The molecule has 1 aromatic carbocycles. The molecule has 1 aromatic rings. The molecular weight excluding hydrogens is 213 g/mol. The van der Waals surface area contributed by atoms with Crippen molar-refractivity contribution in [1.82, 2.24) is 5.32 Å². The molecule has 1 N–H and O–H groups in total. The van der Waals surface area contributed by atoms with Gasteiger partial charge in [0.05, 0.1) is 0 Å². The molecule has 1 aliphatic rings. The average molecular weight is 235 g/mol. The molecule has 2 rings (SSSR count). The first-order chi connectivity index (χ1) is 8.20. The van der Waals surface area contributed by atoms with Crippen molar-refractivity contribution in [2.24, 2.45) is 11.8 Å². The molecule has 1 saturated carbocycles. The number of nitrogens with one attached hydrogen (secondary N) is 1. The number of rotatable bonds is 5. The monoisotopic (exact) mass is 235 g/mol. The fourth-order valence-corrected chi connectivity index (χ4v) is 2.68. The van der Waals surface area contributed by atoms with E-state index in [0.717, 1.165) is 36.9 Å². The van der Waals surface area contributed by atoms with E-state index in [1.165, 1.54) is 18.4 Å². The lowest BCUT2D eigenvalue weighted by atomic mass is 9.70. The molecule has 0 aromatic heterocycles. The highest BCUT2D eigenvalue weighted by Crippen LogP contribution is 2.36. The molecule has 2 heteroatoms. The van der Waals surface area contributed by atoms with E-state index >= 15 is 0 Å². The van der Waals surface area contributed by atoms with Gasteiger partial charge < -0.3 is 5.32 Å². The van der Waals surface area contributed by atoms with E-state index in [0.29, 0.717) is 0 Å². The van der Waals surface area contributed by atoms with E-state index in [-0.39, 0.29) is 5.82 Å². The van der Waals surface area contributed by atoms with Crippen LogP contribution in [0.15, 0.2) is 18.2 Å². The van der Waals surface area contributed by atoms with Crippen LogP contribution >= 0.6 is 0 Å². The Labute approximate surface area is 103 Å². The Hall–Kier alpha value is -0.890. The highest BCUT2D eigenvalue weighted by atomic mass is 19.1. The average Bonchev–Trinajstić information content (AvgIpc) is 2.27. The zero-order valence-corrected chi connectivity index (χ0v) is 10.8. The zero-order valence-electron chi connectivity index (χ0n) is 10.8. The van der Waals surface area contributed by atoms with E-state index in [1.807, 2.05) is 13.0 Å². The minimum absolute atomic E-state index is 0.121. The van der Waals surface area contributed by atoms with Crippen LogP contribution in [0.1, 0.15) is 30.9 Å². The maximum absolute atomic E-state index is 13.0. The second-order valence-corrected chi connectivity index (χ2v) is 5.18. The number of benzene rings is 1. The zero-order chi connectivity index (χ0) is 12.3. The van der Waals surface area contributed by atoms with E-state index in [1.54, 1.807) is 12.1 Å². The Balaban J connectivity index is 1.92. The molecule has 0 radical (unpaired) electrons. The Morgan fingerprint density at radius 1 is 1.29 bits per heavy atom. The maximum Gasteiger partial charge on any atom is 0.123 e. The van der Waals surface area contributed by atoms with Gasteiger partial charge in [-0.05, 0) is 74.4 Å². The summed E-state index contributed by atoms with van der Waals surface area (Å²) in [5.74, 6) is 1.49. The topological polar surface area (TPSA) is 12.0 Å². The van der Waals surface area contributed by atoms with Gasteiger partial charge in [-0.1, -0.05) is 13.0 Å². The van der Waals surface area contributed by atoms with Gasteiger partial charge in [0.1, 0.15) is 5.82 Å². The molecule has 1 nitrogen and oxygen atoms in total. The molecule has 94 valence electrons. The Morgan fingerprint density at radius 2 is 2.06 bits per heavy atom. The van der Waals surface area contributed by atoms with Gasteiger partial charge in [0, 0.05) is 0 Å². The van der Waals surface area contributed by atoms with Crippen molar-refractivity contribution in [3.63, 3.8) is 0 Å². The normalized spacial score (nSPS) is 23.5. The molecule has 0 amide bonds. The lowest BCUT2D eigenvalue weighted by Crippen LogP contribution is -2.36. The number of hydrogen-bond donors (Lipinski definition) is 1. The highest BCUT2D eigenvalue weighted by molar-refractivity contribution is 5.27. The highest BCUT2D eigenvalue weighted by Gasteiger charge is 2.30. The quantitative estimate of drug-likeness (QED) is 0.825. The molecule has 0 bridgehead atoms. The van der Waals surface area contributed by atoms with Gasteiger partial charge in [0.15, 0.2) is 0 Å². The van der Waals surface area contributed by atoms with Crippen LogP contribution in [0.25, 0.3) is 0 Å². The fraction of sp³-hybridized carbons (Fsp3) is 0.600. The van der Waals surface area contributed by atoms with Crippen molar-refractivity contribution in [1.29, 1.82) is 0 Å². The second-order valence-electron chi connectivity index (χ2n) is 5.18. The minimum Gasteiger partial charge on any atom is -0.317 e. The van der Waals surface area contributed by atoms with Gasteiger partial charge in [0.25, 0.3) is 0 Å². The van der Waals surface area contributed by atoms with E-state index in [2.05, 4.69) is 12.2 Å². The first kappa shape index (κ1) is 12.6. The van der Waals surface area contributed by atoms with Crippen molar-refractivity contribution in [2.75, 3.05) is 13.1 Å². The summed E-state index contributed by atoms with van der Waals surface area (Å²) in [6.07, 6.45) is 3.78. The van der Waals surface area contributed by atoms with Gasteiger partial charge in [-0.25, -0.2) is 4.39 Å². The van der Waals surface area contributed by atoms with Gasteiger partial charge in [-0.2, -0.15) is 0 Å². The molecule has 17 heavy (non-hydrogen) atoms. The molecule has 1 aliphatic carbocycles. The van der Waals surface area contributed by atoms with Crippen LogP contribution in [0.5, 0.6) is 0 Å². The van der Waals surface area contributed by atoms with Crippen molar-refractivity contribution in [3.05, 3.63) is 35.1 Å². The largest absolute Gasteiger partial charge is 0.317 e. The number of halogens is 1. The summed E-state index contributed by atoms with van der Waals surface area (Å²) >= 11 is 0. The van der Waals surface area contributed by atoms with Crippen LogP contribution in [0.2, 0.25) is 0 Å². The Bertz CT molecular complexity index is 375. The van der Waals surface area contributed by atoms with Crippen LogP contribution < -0.4 is 5.32 Å². The third-order valence-corrected chi connectivity index (χ3v) is 4.02. The SMILES string of the molecule is CCNCC1CCC1Cc1ccc(F)cc1C. The van der Waals surface area contributed by atoms with Crippen molar-refractivity contribution >= 4 is 0 Å². The Kier molecular flexibility index (Phi) is 4.16. The van der Waals surface area contributed by atoms with Crippen LogP contribution in [0.4, 0.5) is 4.39 Å². The summed E-state index contributed by atoms with van der Waals surface area (Å²) < 4.78 is 13.0. The van der Waals surface area contributed by atoms with Gasteiger partial charge in [-0.15, -0.1) is 0 Å². The summed E-state index contributed by atoms with van der Waals surface area (Å²) in [7, 11) is 0. The maximum atomic E-state index is 13.0. The van der Waals surface area contributed by atoms with Crippen molar-refractivity contribution in [3.8, 4) is 0 Å². The molecular formula is C15H22FN. The second kappa shape index (κ2) is 5.63. The van der Waals surface area contributed by atoms with Crippen LogP contribution in [-0.2, 0) is 6.42 Å². The first-order valence-corrected chi connectivity index (χ1v) is 6.66. The van der Waals surface area contributed by atoms with Gasteiger partial charge in [0.2, 0.25) is 0 Å². The molecule has 1 fully saturated rings. The lowest BCUT2D eigenvalue weighted by Gasteiger charge is -2.37. The van der Waals surface area contributed by atoms with Crippen molar-refractivity contribution in [2.45, 2.75) is 33.1 Å². The summed E-state index contributed by atoms with van der Waals surface area (Å²) in [5.41, 5.74) is 2.41. The van der Waals surface area contributed by atoms with Crippen LogP contribution in [0.3, 0.4) is 0 Å². The van der Waals surface area contributed by atoms with Gasteiger partial charge in [-0.3, -0.25) is 0 Å². The summed E-state index contributed by atoms with van der Waals surface area (Å²) in [4.78, 5) is 0.